The van der Waals surface area contributed by atoms with E-state index in [9.17, 15) is 0 Å². The highest BCUT2D eigenvalue weighted by Gasteiger charge is 2.26. The van der Waals surface area contributed by atoms with Gasteiger partial charge in [0.1, 0.15) is 11.9 Å². The molecule has 0 aromatic carbocycles. The molecule has 1 aliphatic carbocycles. The first kappa shape index (κ1) is 11.5. The van der Waals surface area contributed by atoms with Gasteiger partial charge >= 0.3 is 0 Å². The van der Waals surface area contributed by atoms with Crippen LogP contribution in [0.4, 0.5) is 5.82 Å². The number of nitrogens with zero attached hydrogens (tertiary/aromatic N) is 2. The maximum atomic E-state index is 9.13. The first-order valence-electron chi connectivity index (χ1n) is 6.62. The molecule has 1 aliphatic heterocycles. The van der Waals surface area contributed by atoms with E-state index in [1.54, 1.807) is 0 Å². The molecular formula is C14H17N3O. The van der Waals surface area contributed by atoms with Crippen LogP contribution < -0.4 is 5.32 Å². The van der Waals surface area contributed by atoms with Gasteiger partial charge in [-0.15, -0.1) is 0 Å². The number of ether oxygens (including phenoxy) is 1. The van der Waals surface area contributed by atoms with Crippen molar-refractivity contribution >= 4 is 5.82 Å². The number of nitriles is 1. The fourth-order valence-electron chi connectivity index (χ4n) is 2.33. The molecule has 1 N–H and O–H groups in total. The van der Waals surface area contributed by atoms with Gasteiger partial charge in [-0.3, -0.25) is 0 Å². The van der Waals surface area contributed by atoms with Gasteiger partial charge in [-0.1, -0.05) is 0 Å². The van der Waals surface area contributed by atoms with Gasteiger partial charge in [0.05, 0.1) is 18.2 Å². The minimum absolute atomic E-state index is 0.285. The third kappa shape index (κ3) is 2.46. The summed E-state index contributed by atoms with van der Waals surface area (Å²) in [6.45, 7) is 1.55. The Morgan fingerprint density at radius 3 is 2.89 bits per heavy atom. The lowest BCUT2D eigenvalue weighted by atomic mass is 10.1. The highest BCUT2D eigenvalue weighted by atomic mass is 16.5. The second kappa shape index (κ2) is 4.95. The largest absolute Gasteiger partial charge is 0.379 e. The SMILES string of the molecule is N#Cc1ccc(C2CC2)nc1N[C@@H]1CCCOC1. The average Bonchev–Trinajstić information content (AvgIpc) is 3.24. The summed E-state index contributed by atoms with van der Waals surface area (Å²) >= 11 is 0. The Bertz CT molecular complexity index is 470. The summed E-state index contributed by atoms with van der Waals surface area (Å²) in [5, 5.41) is 12.5. The molecule has 0 unspecified atom stereocenters. The van der Waals surface area contributed by atoms with Crippen LogP contribution in [-0.4, -0.2) is 24.2 Å². The van der Waals surface area contributed by atoms with Crippen LogP contribution in [0.1, 0.15) is 42.9 Å². The summed E-state index contributed by atoms with van der Waals surface area (Å²) < 4.78 is 5.44. The Morgan fingerprint density at radius 2 is 2.22 bits per heavy atom. The van der Waals surface area contributed by atoms with Gasteiger partial charge in [0.15, 0.2) is 0 Å². The molecule has 1 saturated heterocycles. The fourth-order valence-corrected chi connectivity index (χ4v) is 2.33. The lowest BCUT2D eigenvalue weighted by molar-refractivity contribution is 0.0875. The number of anilines is 1. The van der Waals surface area contributed by atoms with E-state index in [2.05, 4.69) is 16.4 Å². The Labute approximate surface area is 107 Å². The molecule has 0 bridgehead atoms. The van der Waals surface area contributed by atoms with Crippen molar-refractivity contribution in [2.45, 2.75) is 37.6 Å². The summed E-state index contributed by atoms with van der Waals surface area (Å²) in [4.78, 5) is 4.61. The van der Waals surface area contributed by atoms with Crippen LogP contribution in [0.5, 0.6) is 0 Å². The predicted molar refractivity (Wildman–Crippen MR) is 68.4 cm³/mol. The van der Waals surface area contributed by atoms with Crippen LogP contribution in [-0.2, 0) is 4.74 Å². The van der Waals surface area contributed by atoms with E-state index in [1.807, 2.05) is 12.1 Å². The van der Waals surface area contributed by atoms with E-state index in [0.29, 0.717) is 18.1 Å². The molecule has 2 heterocycles. The smallest absolute Gasteiger partial charge is 0.144 e. The lowest BCUT2D eigenvalue weighted by Crippen LogP contribution is -2.30. The number of aromatic nitrogens is 1. The maximum absolute atomic E-state index is 9.13. The Hall–Kier alpha value is -1.60. The van der Waals surface area contributed by atoms with E-state index in [0.717, 1.165) is 31.0 Å². The minimum Gasteiger partial charge on any atom is -0.379 e. The molecule has 2 fully saturated rings. The zero-order valence-corrected chi connectivity index (χ0v) is 10.4. The second-order valence-corrected chi connectivity index (χ2v) is 5.08. The molecule has 1 saturated carbocycles. The molecule has 1 aromatic rings. The van der Waals surface area contributed by atoms with Crippen molar-refractivity contribution in [3.05, 3.63) is 23.4 Å². The van der Waals surface area contributed by atoms with Crippen molar-refractivity contribution in [1.82, 2.24) is 4.98 Å². The van der Waals surface area contributed by atoms with E-state index in [1.165, 1.54) is 12.8 Å². The van der Waals surface area contributed by atoms with Crippen molar-refractivity contribution in [3.63, 3.8) is 0 Å². The molecule has 0 spiro atoms. The van der Waals surface area contributed by atoms with Gasteiger partial charge in [-0.25, -0.2) is 4.98 Å². The number of pyridine rings is 1. The molecule has 94 valence electrons. The molecule has 1 aromatic heterocycles. The minimum atomic E-state index is 0.285. The highest BCUT2D eigenvalue weighted by Crippen LogP contribution is 2.39. The van der Waals surface area contributed by atoms with Gasteiger partial charge in [0.2, 0.25) is 0 Å². The Balaban J connectivity index is 1.79. The summed E-state index contributed by atoms with van der Waals surface area (Å²) in [6.07, 6.45) is 4.61. The number of rotatable bonds is 3. The molecule has 1 atom stereocenters. The molecular weight excluding hydrogens is 226 g/mol. The Kier molecular flexibility index (Phi) is 3.16. The van der Waals surface area contributed by atoms with Crippen LogP contribution in [0, 0.1) is 11.3 Å². The van der Waals surface area contributed by atoms with Crippen LogP contribution >= 0.6 is 0 Å². The Morgan fingerprint density at radius 1 is 1.33 bits per heavy atom. The van der Waals surface area contributed by atoms with Gasteiger partial charge < -0.3 is 10.1 Å². The summed E-state index contributed by atoms with van der Waals surface area (Å²) in [7, 11) is 0. The topological polar surface area (TPSA) is 57.9 Å². The molecule has 0 radical (unpaired) electrons. The van der Waals surface area contributed by atoms with Gasteiger partial charge in [0, 0.05) is 18.2 Å². The van der Waals surface area contributed by atoms with Crippen LogP contribution in [0.25, 0.3) is 0 Å². The molecule has 18 heavy (non-hydrogen) atoms. The third-order valence-electron chi connectivity index (χ3n) is 3.53. The average molecular weight is 243 g/mol. The van der Waals surface area contributed by atoms with Crippen molar-refractivity contribution in [2.75, 3.05) is 18.5 Å². The van der Waals surface area contributed by atoms with Crippen molar-refractivity contribution in [2.24, 2.45) is 0 Å². The van der Waals surface area contributed by atoms with Gasteiger partial charge in [-0.2, -0.15) is 5.26 Å². The second-order valence-electron chi connectivity index (χ2n) is 5.08. The normalized spacial score (nSPS) is 23.4. The molecule has 4 nitrogen and oxygen atoms in total. The summed E-state index contributed by atoms with van der Waals surface area (Å²) in [5.74, 6) is 1.35. The molecule has 2 aliphatic rings. The quantitative estimate of drug-likeness (QED) is 0.885. The van der Waals surface area contributed by atoms with Crippen LogP contribution in [0.15, 0.2) is 12.1 Å². The van der Waals surface area contributed by atoms with Crippen LogP contribution in [0.2, 0.25) is 0 Å². The first-order chi connectivity index (χ1) is 8.86. The molecule has 3 rings (SSSR count). The fraction of sp³-hybridized carbons (Fsp3) is 0.571. The third-order valence-corrected chi connectivity index (χ3v) is 3.53. The zero-order chi connectivity index (χ0) is 12.4. The molecule has 4 heteroatoms. The first-order valence-corrected chi connectivity index (χ1v) is 6.62. The van der Waals surface area contributed by atoms with E-state index in [-0.39, 0.29) is 6.04 Å². The predicted octanol–water partition coefficient (Wildman–Crippen LogP) is 2.42. The highest BCUT2D eigenvalue weighted by molar-refractivity contribution is 5.53. The van der Waals surface area contributed by atoms with E-state index in [4.69, 9.17) is 10.00 Å². The number of hydrogen-bond donors (Lipinski definition) is 1. The zero-order valence-electron chi connectivity index (χ0n) is 10.4. The monoisotopic (exact) mass is 243 g/mol. The van der Waals surface area contributed by atoms with Crippen molar-refractivity contribution in [1.29, 1.82) is 5.26 Å². The summed E-state index contributed by atoms with van der Waals surface area (Å²) in [5.41, 5.74) is 1.75. The van der Waals surface area contributed by atoms with E-state index >= 15 is 0 Å². The lowest BCUT2D eigenvalue weighted by Gasteiger charge is -2.24. The summed E-state index contributed by atoms with van der Waals surface area (Å²) in [6, 6.07) is 6.36. The van der Waals surface area contributed by atoms with E-state index < -0.39 is 0 Å². The standard InChI is InChI=1S/C14H17N3O/c15-8-11-5-6-13(10-3-4-10)17-14(11)16-12-2-1-7-18-9-12/h5-6,10,12H,1-4,7,9H2,(H,16,17)/t12-/m1/s1. The number of nitrogens with one attached hydrogen (secondary N) is 1. The maximum Gasteiger partial charge on any atom is 0.144 e. The van der Waals surface area contributed by atoms with Crippen molar-refractivity contribution < 1.29 is 4.74 Å². The van der Waals surface area contributed by atoms with Crippen LogP contribution in [0.3, 0.4) is 0 Å². The number of hydrogen-bond acceptors (Lipinski definition) is 4. The molecule has 0 amide bonds. The van der Waals surface area contributed by atoms with Gasteiger partial charge in [0.25, 0.3) is 0 Å². The van der Waals surface area contributed by atoms with Gasteiger partial charge in [-0.05, 0) is 37.8 Å². The van der Waals surface area contributed by atoms with Crippen molar-refractivity contribution in [3.8, 4) is 6.07 Å².